The molecule has 1 saturated heterocycles. The molecule has 104 valence electrons. The number of thioether (sulfide) groups is 1. The van der Waals surface area contributed by atoms with Crippen molar-refractivity contribution in [2.24, 2.45) is 10.9 Å². The summed E-state index contributed by atoms with van der Waals surface area (Å²) in [6.45, 7) is 6.73. The van der Waals surface area contributed by atoms with Crippen LogP contribution in [0.5, 0.6) is 0 Å². The van der Waals surface area contributed by atoms with E-state index in [0.717, 1.165) is 24.9 Å². The number of hydrogen-bond acceptors (Lipinski definition) is 3. The van der Waals surface area contributed by atoms with Gasteiger partial charge in [0.2, 0.25) is 0 Å². The minimum Gasteiger partial charge on any atom is -0.379 e. The van der Waals surface area contributed by atoms with E-state index in [9.17, 15) is 0 Å². The lowest BCUT2D eigenvalue weighted by Crippen LogP contribution is -2.45. The van der Waals surface area contributed by atoms with E-state index in [-0.39, 0.29) is 0 Å². The smallest absolute Gasteiger partial charge is 0.157 e. The third kappa shape index (κ3) is 4.16. The van der Waals surface area contributed by atoms with E-state index in [4.69, 9.17) is 4.74 Å². The SMILES string of the molecule is CC(C)COCCN=C1NC2(CCCCC2)CS1. The van der Waals surface area contributed by atoms with Crippen molar-refractivity contribution in [2.45, 2.75) is 51.5 Å². The highest BCUT2D eigenvalue weighted by atomic mass is 32.2. The fourth-order valence-corrected chi connectivity index (χ4v) is 3.86. The first-order valence-corrected chi connectivity index (χ1v) is 8.22. The van der Waals surface area contributed by atoms with E-state index < -0.39 is 0 Å². The first kappa shape index (κ1) is 14.2. The fourth-order valence-electron chi connectivity index (χ4n) is 2.62. The molecule has 3 nitrogen and oxygen atoms in total. The third-order valence-corrected chi connectivity index (χ3v) is 4.81. The Hall–Kier alpha value is -0.220. The lowest BCUT2D eigenvalue weighted by atomic mass is 9.83. The third-order valence-electron chi connectivity index (χ3n) is 3.61. The van der Waals surface area contributed by atoms with Crippen LogP contribution in [0.3, 0.4) is 0 Å². The zero-order valence-electron chi connectivity index (χ0n) is 11.7. The zero-order chi connectivity index (χ0) is 12.8. The maximum absolute atomic E-state index is 5.55. The van der Waals surface area contributed by atoms with Crippen LogP contribution in [-0.4, -0.2) is 36.2 Å². The minimum atomic E-state index is 0.376. The van der Waals surface area contributed by atoms with E-state index in [1.165, 1.54) is 37.9 Å². The van der Waals surface area contributed by atoms with Gasteiger partial charge in [-0.1, -0.05) is 44.9 Å². The first-order valence-electron chi connectivity index (χ1n) is 7.23. The summed E-state index contributed by atoms with van der Waals surface area (Å²) >= 11 is 1.90. The van der Waals surface area contributed by atoms with Gasteiger partial charge in [-0.15, -0.1) is 0 Å². The number of ether oxygens (including phenoxy) is 1. The summed E-state index contributed by atoms with van der Waals surface area (Å²) in [5.41, 5.74) is 0.376. The fraction of sp³-hybridized carbons (Fsp3) is 0.929. The van der Waals surface area contributed by atoms with Crippen molar-refractivity contribution in [3.8, 4) is 0 Å². The lowest BCUT2D eigenvalue weighted by molar-refractivity contribution is 0.117. The van der Waals surface area contributed by atoms with Crippen molar-refractivity contribution in [3.63, 3.8) is 0 Å². The average Bonchev–Trinajstić information content (AvgIpc) is 2.72. The van der Waals surface area contributed by atoms with Crippen LogP contribution in [0, 0.1) is 5.92 Å². The average molecular weight is 270 g/mol. The molecule has 0 aromatic carbocycles. The maximum atomic E-state index is 5.55. The van der Waals surface area contributed by atoms with E-state index in [2.05, 4.69) is 24.2 Å². The molecule has 0 radical (unpaired) electrons. The Balaban J connectivity index is 1.68. The van der Waals surface area contributed by atoms with Crippen LogP contribution >= 0.6 is 11.8 Å². The largest absolute Gasteiger partial charge is 0.379 e. The van der Waals surface area contributed by atoms with Gasteiger partial charge in [0.25, 0.3) is 0 Å². The topological polar surface area (TPSA) is 33.6 Å². The molecule has 0 bridgehead atoms. The first-order chi connectivity index (χ1) is 8.70. The van der Waals surface area contributed by atoms with Gasteiger partial charge < -0.3 is 10.1 Å². The Morgan fingerprint density at radius 3 is 2.83 bits per heavy atom. The molecule has 0 unspecified atom stereocenters. The van der Waals surface area contributed by atoms with Crippen LogP contribution in [-0.2, 0) is 4.74 Å². The quantitative estimate of drug-likeness (QED) is 0.780. The van der Waals surface area contributed by atoms with Gasteiger partial charge in [0.1, 0.15) is 0 Å². The molecule has 2 rings (SSSR count). The predicted octanol–water partition coefficient (Wildman–Crippen LogP) is 3.05. The molecule has 0 aromatic rings. The van der Waals surface area contributed by atoms with Crippen molar-refractivity contribution in [3.05, 3.63) is 0 Å². The highest BCUT2D eigenvalue weighted by Crippen LogP contribution is 2.35. The van der Waals surface area contributed by atoms with Crippen LogP contribution in [0.4, 0.5) is 0 Å². The molecule has 1 heterocycles. The van der Waals surface area contributed by atoms with Gasteiger partial charge in [-0.2, -0.15) is 0 Å². The lowest BCUT2D eigenvalue weighted by Gasteiger charge is -2.32. The number of rotatable bonds is 5. The molecular formula is C14H26N2OS. The van der Waals surface area contributed by atoms with Crippen molar-refractivity contribution in [1.29, 1.82) is 0 Å². The normalized spacial score (nSPS) is 24.9. The predicted molar refractivity (Wildman–Crippen MR) is 79.4 cm³/mol. The number of nitrogens with one attached hydrogen (secondary N) is 1. The Bertz CT molecular complexity index is 286. The van der Waals surface area contributed by atoms with E-state index in [1.54, 1.807) is 0 Å². The van der Waals surface area contributed by atoms with Crippen LogP contribution < -0.4 is 5.32 Å². The number of amidine groups is 1. The molecule has 2 aliphatic rings. The number of nitrogens with zero attached hydrogens (tertiary/aromatic N) is 1. The molecule has 0 aromatic heterocycles. The monoisotopic (exact) mass is 270 g/mol. The molecule has 1 saturated carbocycles. The molecule has 2 fully saturated rings. The minimum absolute atomic E-state index is 0.376. The van der Waals surface area contributed by atoms with Gasteiger partial charge in [-0.25, -0.2) is 0 Å². The molecule has 1 N–H and O–H groups in total. The number of aliphatic imine (C=N–C) groups is 1. The van der Waals surface area contributed by atoms with Gasteiger partial charge in [0.15, 0.2) is 5.17 Å². The highest BCUT2D eigenvalue weighted by molar-refractivity contribution is 8.14. The summed E-state index contributed by atoms with van der Waals surface area (Å²) in [5, 5.41) is 4.81. The van der Waals surface area contributed by atoms with Crippen molar-refractivity contribution >= 4 is 16.9 Å². The highest BCUT2D eigenvalue weighted by Gasteiger charge is 2.37. The van der Waals surface area contributed by atoms with Gasteiger partial charge in [-0.3, -0.25) is 4.99 Å². The van der Waals surface area contributed by atoms with Gasteiger partial charge in [0, 0.05) is 17.9 Å². The van der Waals surface area contributed by atoms with E-state index in [1.807, 2.05) is 11.8 Å². The molecule has 18 heavy (non-hydrogen) atoms. The summed E-state index contributed by atoms with van der Waals surface area (Å²) in [4.78, 5) is 4.61. The molecule has 1 aliphatic carbocycles. The van der Waals surface area contributed by atoms with E-state index in [0.29, 0.717) is 11.5 Å². The standard InChI is InChI=1S/C14H26N2OS/c1-12(2)10-17-9-8-15-13-16-14(11-18-13)6-4-3-5-7-14/h12H,3-11H2,1-2H3,(H,15,16). The molecule has 4 heteroatoms. The van der Waals surface area contributed by atoms with Crippen molar-refractivity contribution in [2.75, 3.05) is 25.5 Å². The second-order valence-electron chi connectivity index (χ2n) is 5.91. The Labute approximate surface area is 115 Å². The molecule has 0 amide bonds. The van der Waals surface area contributed by atoms with Crippen LogP contribution in [0.2, 0.25) is 0 Å². The molecule has 1 spiro atoms. The maximum Gasteiger partial charge on any atom is 0.157 e. The second kappa shape index (κ2) is 6.80. The molecular weight excluding hydrogens is 244 g/mol. The molecule has 0 atom stereocenters. The number of hydrogen-bond donors (Lipinski definition) is 1. The summed E-state index contributed by atoms with van der Waals surface area (Å²) in [5.74, 6) is 1.82. The van der Waals surface area contributed by atoms with Gasteiger partial charge in [-0.05, 0) is 18.8 Å². The van der Waals surface area contributed by atoms with Crippen LogP contribution in [0.15, 0.2) is 4.99 Å². The Morgan fingerprint density at radius 1 is 1.33 bits per heavy atom. The second-order valence-corrected chi connectivity index (χ2v) is 6.87. The van der Waals surface area contributed by atoms with Crippen LogP contribution in [0.25, 0.3) is 0 Å². The molecule has 1 aliphatic heterocycles. The Kier molecular flexibility index (Phi) is 5.37. The van der Waals surface area contributed by atoms with Crippen LogP contribution in [0.1, 0.15) is 46.0 Å². The van der Waals surface area contributed by atoms with Crippen molar-refractivity contribution < 1.29 is 4.74 Å². The summed E-state index contributed by atoms with van der Waals surface area (Å²) < 4.78 is 5.55. The van der Waals surface area contributed by atoms with E-state index >= 15 is 0 Å². The summed E-state index contributed by atoms with van der Waals surface area (Å²) in [6, 6.07) is 0. The van der Waals surface area contributed by atoms with Gasteiger partial charge in [0.05, 0.1) is 13.2 Å². The summed E-state index contributed by atoms with van der Waals surface area (Å²) in [7, 11) is 0. The summed E-state index contributed by atoms with van der Waals surface area (Å²) in [6.07, 6.45) is 6.80. The van der Waals surface area contributed by atoms with Crippen molar-refractivity contribution in [1.82, 2.24) is 5.32 Å². The zero-order valence-corrected chi connectivity index (χ0v) is 12.5. The Morgan fingerprint density at radius 2 is 2.11 bits per heavy atom. The van der Waals surface area contributed by atoms with Gasteiger partial charge >= 0.3 is 0 Å².